The minimum Gasteiger partial charge on any atom is -0.398 e. The fourth-order valence-electron chi connectivity index (χ4n) is 3.06. The van der Waals surface area contributed by atoms with E-state index >= 15 is 0 Å². The van der Waals surface area contributed by atoms with Crippen LogP contribution >= 0.6 is 0 Å². The number of anilines is 1. The Hall–Kier alpha value is -4.29. The van der Waals surface area contributed by atoms with E-state index in [0.717, 1.165) is 12.1 Å². The maximum Gasteiger partial charge on any atom is 0.250 e. The van der Waals surface area contributed by atoms with Crippen molar-refractivity contribution in [3.63, 3.8) is 0 Å². The van der Waals surface area contributed by atoms with Gasteiger partial charge in [-0.25, -0.2) is 9.97 Å². The summed E-state index contributed by atoms with van der Waals surface area (Å²) in [5, 5.41) is 11.8. The molecule has 0 saturated carbocycles. The molecule has 5 N–H and O–H groups in total. The van der Waals surface area contributed by atoms with Crippen molar-refractivity contribution in [1.29, 1.82) is 5.26 Å². The third kappa shape index (κ3) is 5.24. The normalized spacial score (nSPS) is 11.2. The van der Waals surface area contributed by atoms with Crippen molar-refractivity contribution in [1.82, 2.24) is 19.9 Å². The Labute approximate surface area is 185 Å². The molecule has 9 heteroatoms. The number of nitriles is 1. The molecule has 0 saturated heterocycles. The van der Waals surface area contributed by atoms with Gasteiger partial charge in [-0.1, -0.05) is 24.3 Å². The standard InChI is InChI=1S/C23H23N7O2/c1-27-12-15-3-5-16(6-4-15)18(25)11-20(31)22-23(26)28-13-19(29-22)17-7-8-21(32)30(14-17)10-2-9-24/h3-8,11,13-14,27H,2,10,12,25H2,1H3,(H2,26,28). The second-order valence-electron chi connectivity index (χ2n) is 7.04. The van der Waals surface area contributed by atoms with E-state index < -0.39 is 5.78 Å². The highest BCUT2D eigenvalue weighted by atomic mass is 16.1. The summed E-state index contributed by atoms with van der Waals surface area (Å²) < 4.78 is 1.41. The Morgan fingerprint density at radius 2 is 2.00 bits per heavy atom. The van der Waals surface area contributed by atoms with Gasteiger partial charge >= 0.3 is 0 Å². The number of aryl methyl sites for hydroxylation is 1. The molecular weight excluding hydrogens is 406 g/mol. The first-order chi connectivity index (χ1) is 15.4. The van der Waals surface area contributed by atoms with Crippen LogP contribution in [0.4, 0.5) is 5.82 Å². The van der Waals surface area contributed by atoms with Gasteiger partial charge in [0.1, 0.15) is 0 Å². The van der Waals surface area contributed by atoms with Gasteiger partial charge in [-0.15, -0.1) is 0 Å². The highest BCUT2D eigenvalue weighted by Crippen LogP contribution is 2.19. The smallest absolute Gasteiger partial charge is 0.250 e. The lowest BCUT2D eigenvalue weighted by atomic mass is 10.1. The van der Waals surface area contributed by atoms with Crippen LogP contribution in [0.1, 0.15) is 28.0 Å². The Kier molecular flexibility index (Phi) is 7.10. The number of benzene rings is 1. The number of aromatic nitrogens is 3. The van der Waals surface area contributed by atoms with Gasteiger partial charge in [0.25, 0.3) is 5.56 Å². The molecule has 1 aromatic carbocycles. The molecule has 0 unspecified atom stereocenters. The molecule has 2 heterocycles. The summed E-state index contributed by atoms with van der Waals surface area (Å²) in [5.41, 5.74) is 14.7. The van der Waals surface area contributed by atoms with Crippen LogP contribution in [0.5, 0.6) is 0 Å². The number of hydrogen-bond acceptors (Lipinski definition) is 8. The Balaban J connectivity index is 1.90. The highest BCUT2D eigenvalue weighted by Gasteiger charge is 2.14. The number of nitrogen functional groups attached to an aromatic ring is 1. The van der Waals surface area contributed by atoms with Crippen LogP contribution in [0.2, 0.25) is 0 Å². The van der Waals surface area contributed by atoms with E-state index in [1.807, 2.05) is 37.4 Å². The summed E-state index contributed by atoms with van der Waals surface area (Å²) in [4.78, 5) is 33.2. The minimum absolute atomic E-state index is 0.0232. The molecule has 0 atom stereocenters. The van der Waals surface area contributed by atoms with E-state index in [1.54, 1.807) is 12.3 Å². The first-order valence-corrected chi connectivity index (χ1v) is 9.88. The minimum atomic E-state index is -0.480. The van der Waals surface area contributed by atoms with E-state index in [9.17, 15) is 9.59 Å². The van der Waals surface area contributed by atoms with Crippen molar-refractivity contribution >= 4 is 17.3 Å². The van der Waals surface area contributed by atoms with Gasteiger partial charge < -0.3 is 21.4 Å². The molecule has 0 amide bonds. The molecule has 0 spiro atoms. The number of nitrogens with one attached hydrogen (secondary N) is 1. The largest absolute Gasteiger partial charge is 0.398 e. The SMILES string of the molecule is CNCc1ccc(C(N)=CC(=O)c2nc(-c3ccc(=O)n(CCC#N)c3)cnc2N)cc1. The lowest BCUT2D eigenvalue weighted by Crippen LogP contribution is -2.18. The van der Waals surface area contributed by atoms with E-state index in [2.05, 4.69) is 15.3 Å². The molecule has 0 fully saturated rings. The number of ketones is 1. The van der Waals surface area contributed by atoms with E-state index in [4.69, 9.17) is 16.7 Å². The van der Waals surface area contributed by atoms with E-state index in [1.165, 1.54) is 22.9 Å². The summed E-state index contributed by atoms with van der Waals surface area (Å²) in [5.74, 6) is -0.503. The monoisotopic (exact) mass is 429 g/mol. The number of pyridine rings is 1. The first kappa shape index (κ1) is 22.4. The lowest BCUT2D eigenvalue weighted by molar-refractivity contribution is 0.104. The zero-order valence-electron chi connectivity index (χ0n) is 17.6. The van der Waals surface area contributed by atoms with Crippen molar-refractivity contribution in [3.05, 3.63) is 82.0 Å². The second kappa shape index (κ2) is 10.1. The lowest BCUT2D eigenvalue weighted by Gasteiger charge is -2.08. The average Bonchev–Trinajstić information content (AvgIpc) is 2.79. The summed E-state index contributed by atoms with van der Waals surface area (Å²) in [6.07, 6.45) is 4.46. The predicted molar refractivity (Wildman–Crippen MR) is 122 cm³/mol. The third-order valence-corrected chi connectivity index (χ3v) is 4.73. The van der Waals surface area contributed by atoms with Crippen LogP contribution in [0.15, 0.2) is 59.7 Å². The number of rotatable bonds is 8. The molecule has 0 bridgehead atoms. The van der Waals surface area contributed by atoms with Gasteiger partial charge in [-0.3, -0.25) is 9.59 Å². The van der Waals surface area contributed by atoms with Crippen molar-refractivity contribution < 1.29 is 4.79 Å². The number of nitrogens with two attached hydrogens (primary N) is 2. The second-order valence-corrected chi connectivity index (χ2v) is 7.04. The Morgan fingerprint density at radius 1 is 1.25 bits per heavy atom. The van der Waals surface area contributed by atoms with Gasteiger partial charge in [-0.2, -0.15) is 5.26 Å². The van der Waals surface area contributed by atoms with Crippen LogP contribution in [0.25, 0.3) is 17.0 Å². The van der Waals surface area contributed by atoms with Gasteiger partial charge in [-0.05, 0) is 24.2 Å². The molecule has 3 rings (SSSR count). The summed E-state index contributed by atoms with van der Waals surface area (Å²) in [6, 6.07) is 12.5. The van der Waals surface area contributed by atoms with Crippen molar-refractivity contribution in [2.45, 2.75) is 19.5 Å². The quantitative estimate of drug-likeness (QED) is 0.361. The fourth-order valence-corrected chi connectivity index (χ4v) is 3.06. The van der Waals surface area contributed by atoms with Crippen LogP contribution < -0.4 is 22.3 Å². The zero-order chi connectivity index (χ0) is 23.1. The zero-order valence-corrected chi connectivity index (χ0v) is 17.6. The maximum absolute atomic E-state index is 12.8. The molecule has 32 heavy (non-hydrogen) atoms. The molecule has 0 aliphatic heterocycles. The maximum atomic E-state index is 12.8. The van der Waals surface area contributed by atoms with Crippen LogP contribution in [0, 0.1) is 11.3 Å². The molecule has 0 aliphatic rings. The van der Waals surface area contributed by atoms with E-state index in [-0.39, 0.29) is 35.7 Å². The molecule has 162 valence electrons. The van der Waals surface area contributed by atoms with Gasteiger partial charge in [0.2, 0.25) is 5.78 Å². The molecule has 9 nitrogen and oxygen atoms in total. The van der Waals surface area contributed by atoms with Gasteiger partial charge in [0.05, 0.1) is 24.4 Å². The van der Waals surface area contributed by atoms with E-state index in [0.29, 0.717) is 16.8 Å². The summed E-state index contributed by atoms with van der Waals surface area (Å²) in [7, 11) is 1.86. The third-order valence-electron chi connectivity index (χ3n) is 4.73. The number of allylic oxidation sites excluding steroid dienone is 1. The molecule has 2 aromatic heterocycles. The van der Waals surface area contributed by atoms with Crippen molar-refractivity contribution in [2.75, 3.05) is 12.8 Å². The molecule has 0 aliphatic carbocycles. The van der Waals surface area contributed by atoms with Crippen LogP contribution in [-0.2, 0) is 13.1 Å². The predicted octanol–water partition coefficient (Wildman–Crippen LogP) is 1.70. The van der Waals surface area contributed by atoms with Crippen molar-refractivity contribution in [3.8, 4) is 17.3 Å². The molecular formula is C23H23N7O2. The van der Waals surface area contributed by atoms with Crippen LogP contribution in [0.3, 0.4) is 0 Å². The first-order valence-electron chi connectivity index (χ1n) is 9.88. The van der Waals surface area contributed by atoms with Crippen LogP contribution in [-0.4, -0.2) is 27.4 Å². The summed E-state index contributed by atoms with van der Waals surface area (Å²) in [6.45, 7) is 0.981. The number of nitrogens with zero attached hydrogens (tertiary/aromatic N) is 4. The number of carbonyl (C=O) groups excluding carboxylic acids is 1. The number of hydrogen-bond donors (Lipinski definition) is 3. The van der Waals surface area contributed by atoms with Gasteiger partial charge in [0.15, 0.2) is 11.5 Å². The Morgan fingerprint density at radius 3 is 2.69 bits per heavy atom. The average molecular weight is 429 g/mol. The number of carbonyl (C=O) groups is 1. The van der Waals surface area contributed by atoms with Crippen molar-refractivity contribution in [2.24, 2.45) is 5.73 Å². The highest BCUT2D eigenvalue weighted by molar-refractivity contribution is 6.09. The summed E-state index contributed by atoms with van der Waals surface area (Å²) >= 11 is 0. The topological polar surface area (TPSA) is 153 Å². The molecule has 0 radical (unpaired) electrons. The molecule has 3 aromatic rings. The van der Waals surface area contributed by atoms with Gasteiger partial charge in [0, 0.05) is 42.7 Å². The fraction of sp³-hybridized carbons (Fsp3) is 0.174. The Bertz CT molecular complexity index is 1250.